The highest BCUT2D eigenvalue weighted by molar-refractivity contribution is 7.16. The molecule has 88 valence electrons. The average molecular weight is 262 g/mol. The molecule has 0 saturated heterocycles. The van der Waals surface area contributed by atoms with Crippen molar-refractivity contribution in [3.63, 3.8) is 0 Å². The summed E-state index contributed by atoms with van der Waals surface area (Å²) in [6, 6.07) is 3.74. The zero-order valence-corrected chi connectivity index (χ0v) is 10.0. The number of oxime groups is 1. The number of amidine groups is 1. The summed E-state index contributed by atoms with van der Waals surface area (Å²) in [5.41, 5.74) is 5.18. The zero-order valence-electron chi connectivity index (χ0n) is 8.44. The number of carbonyl (C=O) groups is 1. The second kappa shape index (κ2) is 6.34. The smallest absolute Gasteiger partial charge is 0.227 e. The van der Waals surface area contributed by atoms with Gasteiger partial charge in [0.25, 0.3) is 0 Å². The van der Waals surface area contributed by atoms with Crippen molar-refractivity contribution >= 4 is 34.7 Å². The van der Waals surface area contributed by atoms with Crippen LogP contribution in [0.25, 0.3) is 0 Å². The van der Waals surface area contributed by atoms with Crippen LogP contribution in [-0.2, 0) is 11.2 Å². The number of rotatable bonds is 5. The molecule has 1 aromatic rings. The van der Waals surface area contributed by atoms with Gasteiger partial charge in [0.2, 0.25) is 5.91 Å². The largest absolute Gasteiger partial charge is 0.409 e. The van der Waals surface area contributed by atoms with Crippen molar-refractivity contribution in [1.82, 2.24) is 5.32 Å². The Bertz CT molecular complexity index is 392. The number of nitrogens with zero attached hydrogens (tertiary/aromatic N) is 1. The Morgan fingerprint density at radius 1 is 1.62 bits per heavy atom. The lowest BCUT2D eigenvalue weighted by molar-refractivity contribution is -0.119. The summed E-state index contributed by atoms with van der Waals surface area (Å²) in [4.78, 5) is 12.3. The first-order valence-electron chi connectivity index (χ1n) is 4.59. The molecule has 1 amide bonds. The van der Waals surface area contributed by atoms with Gasteiger partial charge in [-0.1, -0.05) is 16.8 Å². The Hall–Kier alpha value is -1.27. The normalized spacial score (nSPS) is 11.4. The van der Waals surface area contributed by atoms with E-state index in [-0.39, 0.29) is 18.2 Å². The number of amides is 1. The van der Waals surface area contributed by atoms with Gasteiger partial charge < -0.3 is 16.3 Å². The van der Waals surface area contributed by atoms with E-state index in [9.17, 15) is 4.79 Å². The number of hydrogen-bond acceptors (Lipinski definition) is 4. The van der Waals surface area contributed by atoms with Crippen molar-refractivity contribution in [2.24, 2.45) is 10.9 Å². The van der Waals surface area contributed by atoms with Gasteiger partial charge in [0.1, 0.15) is 5.84 Å². The van der Waals surface area contributed by atoms with Gasteiger partial charge in [0.15, 0.2) is 0 Å². The first-order valence-corrected chi connectivity index (χ1v) is 5.78. The maximum atomic E-state index is 11.2. The molecule has 0 fully saturated rings. The van der Waals surface area contributed by atoms with Crippen LogP contribution < -0.4 is 11.1 Å². The van der Waals surface area contributed by atoms with E-state index in [4.69, 9.17) is 22.5 Å². The summed E-state index contributed by atoms with van der Waals surface area (Å²) in [5, 5.41) is 13.6. The van der Waals surface area contributed by atoms with Crippen molar-refractivity contribution < 1.29 is 10.0 Å². The molecule has 0 aliphatic carbocycles. The van der Waals surface area contributed by atoms with E-state index in [0.29, 0.717) is 6.54 Å². The van der Waals surface area contributed by atoms with Crippen LogP contribution >= 0.6 is 22.9 Å². The Morgan fingerprint density at radius 3 is 2.94 bits per heavy atom. The minimum absolute atomic E-state index is 0.0955. The standard InChI is InChI=1S/C9H12ClN3O2S/c10-7-2-1-6(16-7)3-4-12-9(14)5-8(11)13-15/h1-2,15H,3-5H2,(H2,11,13)(H,12,14). The molecule has 0 radical (unpaired) electrons. The van der Waals surface area contributed by atoms with E-state index in [1.165, 1.54) is 11.3 Å². The van der Waals surface area contributed by atoms with Crippen LogP contribution in [0.2, 0.25) is 4.34 Å². The van der Waals surface area contributed by atoms with Crippen LogP contribution in [-0.4, -0.2) is 23.5 Å². The van der Waals surface area contributed by atoms with Gasteiger partial charge in [-0.2, -0.15) is 0 Å². The van der Waals surface area contributed by atoms with Crippen LogP contribution in [0.15, 0.2) is 17.3 Å². The lowest BCUT2D eigenvalue weighted by Gasteiger charge is -2.02. The lowest BCUT2D eigenvalue weighted by atomic mass is 10.3. The van der Waals surface area contributed by atoms with E-state index in [2.05, 4.69) is 10.5 Å². The molecule has 0 spiro atoms. The summed E-state index contributed by atoms with van der Waals surface area (Å²) in [6.07, 6.45) is 0.626. The highest BCUT2D eigenvalue weighted by Gasteiger charge is 2.04. The van der Waals surface area contributed by atoms with Gasteiger partial charge in [-0.25, -0.2) is 0 Å². The highest BCUT2D eigenvalue weighted by atomic mass is 35.5. The zero-order chi connectivity index (χ0) is 12.0. The summed E-state index contributed by atoms with van der Waals surface area (Å²) >= 11 is 7.24. The fourth-order valence-electron chi connectivity index (χ4n) is 1.07. The van der Waals surface area contributed by atoms with E-state index in [1.807, 2.05) is 12.1 Å². The molecular weight excluding hydrogens is 250 g/mol. The van der Waals surface area contributed by atoms with Crippen LogP contribution in [0.4, 0.5) is 0 Å². The topological polar surface area (TPSA) is 87.7 Å². The third kappa shape index (κ3) is 4.50. The van der Waals surface area contributed by atoms with Crippen molar-refractivity contribution in [2.75, 3.05) is 6.54 Å². The quantitative estimate of drug-likeness (QED) is 0.322. The second-order valence-electron chi connectivity index (χ2n) is 3.07. The maximum Gasteiger partial charge on any atom is 0.227 e. The van der Waals surface area contributed by atoms with Gasteiger partial charge in [0, 0.05) is 11.4 Å². The summed E-state index contributed by atoms with van der Waals surface area (Å²) in [6.45, 7) is 0.508. The van der Waals surface area contributed by atoms with Gasteiger partial charge in [-0.3, -0.25) is 4.79 Å². The number of halogens is 1. The fraction of sp³-hybridized carbons (Fsp3) is 0.333. The molecule has 0 unspecified atom stereocenters. The lowest BCUT2D eigenvalue weighted by Crippen LogP contribution is -2.30. The number of hydrogen-bond donors (Lipinski definition) is 3. The van der Waals surface area contributed by atoms with E-state index in [0.717, 1.165) is 15.6 Å². The van der Waals surface area contributed by atoms with Gasteiger partial charge in [-0.15, -0.1) is 11.3 Å². The van der Waals surface area contributed by atoms with Crippen molar-refractivity contribution in [1.29, 1.82) is 0 Å². The second-order valence-corrected chi connectivity index (χ2v) is 4.87. The molecule has 0 aliphatic heterocycles. The Morgan fingerprint density at radius 2 is 2.38 bits per heavy atom. The van der Waals surface area contributed by atoms with Gasteiger partial charge in [-0.05, 0) is 18.6 Å². The molecule has 16 heavy (non-hydrogen) atoms. The molecule has 4 N–H and O–H groups in total. The molecule has 1 heterocycles. The fourth-order valence-corrected chi connectivity index (χ4v) is 2.16. The molecule has 0 bridgehead atoms. The molecule has 0 atom stereocenters. The molecule has 7 heteroatoms. The van der Waals surface area contributed by atoms with Crippen LogP contribution in [0, 0.1) is 0 Å². The molecule has 0 aromatic carbocycles. The molecule has 5 nitrogen and oxygen atoms in total. The molecule has 0 aliphatic rings. The highest BCUT2D eigenvalue weighted by Crippen LogP contribution is 2.21. The van der Waals surface area contributed by atoms with Crippen molar-refractivity contribution in [3.8, 4) is 0 Å². The third-order valence-corrected chi connectivity index (χ3v) is 3.08. The van der Waals surface area contributed by atoms with E-state index >= 15 is 0 Å². The third-order valence-electron chi connectivity index (χ3n) is 1.79. The average Bonchev–Trinajstić information content (AvgIpc) is 2.64. The Kier molecular flexibility index (Phi) is 5.07. The van der Waals surface area contributed by atoms with Crippen molar-refractivity contribution in [2.45, 2.75) is 12.8 Å². The number of nitrogens with two attached hydrogens (primary N) is 1. The predicted molar refractivity (Wildman–Crippen MR) is 64.1 cm³/mol. The van der Waals surface area contributed by atoms with Crippen LogP contribution in [0.1, 0.15) is 11.3 Å². The first-order chi connectivity index (χ1) is 7.61. The minimum atomic E-state index is -0.266. The SMILES string of the molecule is N/C(CC(=O)NCCc1ccc(Cl)s1)=N/O. The number of carbonyl (C=O) groups excluding carboxylic acids is 1. The molecular formula is C9H12ClN3O2S. The summed E-state index contributed by atoms with van der Waals surface area (Å²) in [7, 11) is 0. The van der Waals surface area contributed by atoms with E-state index < -0.39 is 0 Å². The number of thiophene rings is 1. The minimum Gasteiger partial charge on any atom is -0.409 e. The monoisotopic (exact) mass is 261 g/mol. The Labute approximate surface area is 102 Å². The van der Waals surface area contributed by atoms with Gasteiger partial charge >= 0.3 is 0 Å². The molecule has 0 saturated carbocycles. The summed E-state index contributed by atoms with van der Waals surface area (Å²) < 4.78 is 0.734. The molecule has 1 aromatic heterocycles. The van der Waals surface area contributed by atoms with Crippen molar-refractivity contribution in [3.05, 3.63) is 21.3 Å². The maximum absolute atomic E-state index is 11.2. The first kappa shape index (κ1) is 12.8. The summed E-state index contributed by atoms with van der Waals surface area (Å²) in [5.74, 6) is -0.366. The van der Waals surface area contributed by atoms with Crippen LogP contribution in [0.5, 0.6) is 0 Å². The Balaban J connectivity index is 2.23. The predicted octanol–water partition coefficient (Wildman–Crippen LogP) is 1.20. The van der Waals surface area contributed by atoms with Crippen LogP contribution in [0.3, 0.4) is 0 Å². The number of nitrogens with one attached hydrogen (secondary N) is 1. The van der Waals surface area contributed by atoms with E-state index in [1.54, 1.807) is 0 Å². The van der Waals surface area contributed by atoms with Gasteiger partial charge in [0.05, 0.1) is 10.8 Å². The molecule has 1 rings (SSSR count).